The molecule has 0 atom stereocenters. The molecule has 2 fully saturated rings. The molecule has 2 aromatic rings. The molecule has 2 aliphatic rings. The maximum Gasteiger partial charge on any atom is 0.254 e. The van der Waals surface area contributed by atoms with Gasteiger partial charge in [-0.25, -0.2) is 8.42 Å². The Labute approximate surface area is 172 Å². The lowest BCUT2D eigenvalue weighted by molar-refractivity contribution is 0.0698. The van der Waals surface area contributed by atoms with E-state index in [1.165, 1.54) is 42.0 Å². The largest absolute Gasteiger partial charge is 0.336 e. The van der Waals surface area contributed by atoms with Crippen molar-refractivity contribution < 1.29 is 13.2 Å². The van der Waals surface area contributed by atoms with E-state index in [0.29, 0.717) is 42.6 Å². The maximum atomic E-state index is 13.0. The summed E-state index contributed by atoms with van der Waals surface area (Å²) in [6.45, 7) is 1.40. The van der Waals surface area contributed by atoms with Crippen LogP contribution in [0.4, 0.5) is 0 Å². The number of amides is 1. The molecule has 7 heteroatoms. The van der Waals surface area contributed by atoms with Crippen LogP contribution >= 0.6 is 0 Å². The molecule has 4 rings (SSSR count). The van der Waals surface area contributed by atoms with Crippen molar-refractivity contribution in [2.24, 2.45) is 0 Å². The fraction of sp³-hybridized carbons (Fsp3) is 0.455. The molecule has 1 aliphatic heterocycles. The van der Waals surface area contributed by atoms with Crippen molar-refractivity contribution >= 4 is 15.9 Å². The molecule has 2 heterocycles. The lowest BCUT2D eigenvalue weighted by Gasteiger charge is -2.34. The Balaban J connectivity index is 1.40. The third kappa shape index (κ3) is 4.36. The van der Waals surface area contributed by atoms with Gasteiger partial charge in [0.1, 0.15) is 0 Å². The summed E-state index contributed by atoms with van der Waals surface area (Å²) >= 11 is 0. The molecule has 0 N–H and O–H groups in total. The summed E-state index contributed by atoms with van der Waals surface area (Å²) in [6, 6.07) is 10.8. The summed E-state index contributed by atoms with van der Waals surface area (Å²) in [7, 11) is -3.54. The van der Waals surface area contributed by atoms with E-state index in [-0.39, 0.29) is 5.91 Å². The van der Waals surface area contributed by atoms with Crippen molar-refractivity contribution in [3.63, 3.8) is 0 Å². The van der Waals surface area contributed by atoms with E-state index >= 15 is 0 Å². The summed E-state index contributed by atoms with van der Waals surface area (Å²) in [6.07, 6.45) is 9.38. The fourth-order valence-electron chi connectivity index (χ4n) is 4.31. The van der Waals surface area contributed by atoms with Crippen molar-refractivity contribution in [1.82, 2.24) is 14.2 Å². The van der Waals surface area contributed by atoms with Gasteiger partial charge >= 0.3 is 0 Å². The Kier molecular flexibility index (Phi) is 5.96. The van der Waals surface area contributed by atoms with Gasteiger partial charge in [-0.15, -0.1) is 0 Å². The molecule has 1 aromatic carbocycles. The van der Waals surface area contributed by atoms with E-state index < -0.39 is 10.0 Å². The van der Waals surface area contributed by atoms with Crippen LogP contribution in [0.15, 0.2) is 53.7 Å². The lowest BCUT2D eigenvalue weighted by Crippen LogP contribution is -2.50. The molecule has 154 valence electrons. The van der Waals surface area contributed by atoms with Crippen molar-refractivity contribution in [2.45, 2.75) is 42.9 Å². The standard InChI is InChI=1S/C22H27N3O3S/c26-22(20-10-12-23-13-11-20)24-14-16-25(17-15-24)29(27,28)21-8-6-19(7-9-21)18-4-2-1-3-5-18/h6-13,18H,1-5,14-17H2. The number of nitrogens with zero attached hydrogens (tertiary/aromatic N) is 3. The molecule has 1 saturated carbocycles. The van der Waals surface area contributed by atoms with Gasteiger partial charge < -0.3 is 4.90 Å². The molecule has 0 bridgehead atoms. The topological polar surface area (TPSA) is 70.6 Å². The first-order valence-electron chi connectivity index (χ1n) is 10.3. The molecule has 1 saturated heterocycles. The number of rotatable bonds is 4. The van der Waals surface area contributed by atoms with Gasteiger partial charge in [0.15, 0.2) is 0 Å². The molecule has 0 spiro atoms. The normalized spacial score (nSPS) is 19.2. The smallest absolute Gasteiger partial charge is 0.254 e. The van der Waals surface area contributed by atoms with Gasteiger partial charge in [0.25, 0.3) is 5.91 Å². The number of sulfonamides is 1. The summed E-state index contributed by atoms with van der Waals surface area (Å²) in [5, 5.41) is 0. The maximum absolute atomic E-state index is 13.0. The highest BCUT2D eigenvalue weighted by Gasteiger charge is 2.30. The first kappa shape index (κ1) is 20.0. The summed E-state index contributed by atoms with van der Waals surface area (Å²) < 4.78 is 27.6. The molecule has 6 nitrogen and oxygen atoms in total. The second-order valence-corrected chi connectivity index (χ2v) is 9.77. The fourth-order valence-corrected chi connectivity index (χ4v) is 5.73. The van der Waals surface area contributed by atoms with E-state index in [1.807, 2.05) is 12.1 Å². The molecule has 1 aromatic heterocycles. The lowest BCUT2D eigenvalue weighted by atomic mass is 9.84. The van der Waals surface area contributed by atoms with Crippen molar-refractivity contribution in [2.75, 3.05) is 26.2 Å². The number of piperazine rings is 1. The Morgan fingerprint density at radius 2 is 1.48 bits per heavy atom. The monoisotopic (exact) mass is 413 g/mol. The number of hydrogen-bond acceptors (Lipinski definition) is 4. The average Bonchev–Trinajstić information content (AvgIpc) is 2.80. The predicted octanol–water partition coefficient (Wildman–Crippen LogP) is 3.28. The van der Waals surface area contributed by atoms with Gasteiger partial charge in [-0.1, -0.05) is 31.4 Å². The van der Waals surface area contributed by atoms with Crippen LogP contribution in [0.25, 0.3) is 0 Å². The zero-order chi connectivity index (χ0) is 20.3. The molecule has 1 amide bonds. The van der Waals surface area contributed by atoms with Crippen molar-refractivity contribution in [3.05, 3.63) is 59.9 Å². The third-order valence-corrected chi connectivity index (χ3v) is 7.96. The van der Waals surface area contributed by atoms with Crippen molar-refractivity contribution in [3.8, 4) is 0 Å². The van der Waals surface area contributed by atoms with E-state index in [4.69, 9.17) is 0 Å². The van der Waals surface area contributed by atoms with Crippen LogP contribution in [0.5, 0.6) is 0 Å². The highest BCUT2D eigenvalue weighted by atomic mass is 32.2. The summed E-state index contributed by atoms with van der Waals surface area (Å²) in [5.41, 5.74) is 1.83. The predicted molar refractivity (Wildman–Crippen MR) is 111 cm³/mol. The zero-order valence-corrected chi connectivity index (χ0v) is 17.4. The summed E-state index contributed by atoms with van der Waals surface area (Å²) in [5.74, 6) is 0.476. The van der Waals surface area contributed by atoms with Gasteiger partial charge in [0.05, 0.1) is 4.90 Å². The molecule has 0 unspecified atom stereocenters. The molecular formula is C22H27N3O3S. The first-order valence-corrected chi connectivity index (χ1v) is 11.8. The zero-order valence-electron chi connectivity index (χ0n) is 16.5. The van der Waals surface area contributed by atoms with E-state index in [0.717, 1.165) is 0 Å². The van der Waals surface area contributed by atoms with E-state index in [9.17, 15) is 13.2 Å². The van der Waals surface area contributed by atoms with Crippen LogP contribution in [0.1, 0.15) is 53.9 Å². The van der Waals surface area contributed by atoms with Crippen LogP contribution in [0, 0.1) is 0 Å². The van der Waals surface area contributed by atoms with Gasteiger partial charge in [0.2, 0.25) is 10.0 Å². The van der Waals surface area contributed by atoms with Crippen molar-refractivity contribution in [1.29, 1.82) is 0 Å². The Morgan fingerprint density at radius 3 is 2.10 bits per heavy atom. The van der Waals surface area contributed by atoms with Crippen LogP contribution in [0.3, 0.4) is 0 Å². The van der Waals surface area contributed by atoms with Gasteiger partial charge in [-0.2, -0.15) is 4.31 Å². The average molecular weight is 414 g/mol. The molecular weight excluding hydrogens is 386 g/mol. The number of carbonyl (C=O) groups excluding carboxylic acids is 1. The molecule has 1 aliphatic carbocycles. The minimum atomic E-state index is -3.54. The third-order valence-electron chi connectivity index (χ3n) is 6.05. The molecule has 29 heavy (non-hydrogen) atoms. The molecule has 0 radical (unpaired) electrons. The van der Waals surface area contributed by atoms with Gasteiger partial charge in [-0.3, -0.25) is 9.78 Å². The van der Waals surface area contributed by atoms with E-state index in [2.05, 4.69) is 4.98 Å². The SMILES string of the molecule is O=C(c1ccncc1)N1CCN(S(=O)(=O)c2ccc(C3CCCCC3)cc2)CC1. The minimum Gasteiger partial charge on any atom is -0.336 e. The number of hydrogen-bond donors (Lipinski definition) is 0. The number of aromatic nitrogens is 1. The first-order chi connectivity index (χ1) is 14.1. The minimum absolute atomic E-state index is 0.0821. The van der Waals surface area contributed by atoms with Crippen LogP contribution < -0.4 is 0 Å². The Morgan fingerprint density at radius 1 is 0.862 bits per heavy atom. The van der Waals surface area contributed by atoms with Gasteiger partial charge in [0, 0.05) is 44.1 Å². The second-order valence-electron chi connectivity index (χ2n) is 7.84. The second kappa shape index (κ2) is 8.63. The summed E-state index contributed by atoms with van der Waals surface area (Å²) in [4.78, 5) is 18.5. The highest BCUT2D eigenvalue weighted by molar-refractivity contribution is 7.89. The van der Waals surface area contributed by atoms with Crippen LogP contribution in [0.2, 0.25) is 0 Å². The Hall–Kier alpha value is -2.25. The quantitative estimate of drug-likeness (QED) is 0.771. The number of pyridine rings is 1. The Bertz CT molecular complexity index is 931. The number of benzene rings is 1. The van der Waals surface area contributed by atoms with Gasteiger partial charge in [-0.05, 0) is 48.6 Å². The van der Waals surface area contributed by atoms with Crippen LogP contribution in [-0.4, -0.2) is 54.7 Å². The highest BCUT2D eigenvalue weighted by Crippen LogP contribution is 2.33. The number of carbonyl (C=O) groups is 1. The van der Waals surface area contributed by atoms with Crippen LogP contribution in [-0.2, 0) is 10.0 Å². The van der Waals surface area contributed by atoms with E-state index in [1.54, 1.807) is 41.6 Å².